The molecule has 0 heterocycles. The number of hydrogen-bond donors (Lipinski definition) is 2. The summed E-state index contributed by atoms with van der Waals surface area (Å²) in [6.45, 7) is -0.479. The number of carbonyl (C=O) groups is 3. The Bertz CT molecular complexity index is 822. The molecule has 0 aliphatic heterocycles. The van der Waals surface area contributed by atoms with Gasteiger partial charge in [0.1, 0.15) is 0 Å². The number of nitriles is 1. The molecule has 0 spiro atoms. The van der Waals surface area contributed by atoms with Crippen LogP contribution >= 0.6 is 0 Å². The average Bonchev–Trinajstić information content (AvgIpc) is 2.60. The largest absolute Gasteiger partial charge is 0.452 e. The summed E-state index contributed by atoms with van der Waals surface area (Å²) < 4.78 is 4.89. The Kier molecular flexibility index (Phi) is 5.26. The Morgan fingerprint density at radius 3 is 2.42 bits per heavy atom. The second-order valence-corrected chi connectivity index (χ2v) is 4.76. The average molecular weight is 323 g/mol. The molecule has 0 aliphatic carbocycles. The molecule has 24 heavy (non-hydrogen) atoms. The molecule has 0 radical (unpaired) electrons. The molecule has 0 bridgehead atoms. The molecule has 2 rings (SSSR count). The van der Waals surface area contributed by atoms with Crippen LogP contribution in [0.2, 0.25) is 0 Å². The van der Waals surface area contributed by atoms with E-state index < -0.39 is 24.4 Å². The summed E-state index contributed by atoms with van der Waals surface area (Å²) in [6, 6.07) is 13.8. The molecule has 0 fully saturated rings. The first kappa shape index (κ1) is 16.7. The summed E-state index contributed by atoms with van der Waals surface area (Å²) in [6.07, 6.45) is 0. The molecule has 0 saturated heterocycles. The Labute approximate surface area is 137 Å². The number of anilines is 1. The van der Waals surface area contributed by atoms with Crippen LogP contribution in [-0.2, 0) is 9.53 Å². The molecule has 0 aliphatic rings. The molecule has 3 N–H and O–H groups in total. The van der Waals surface area contributed by atoms with Crippen LogP contribution in [0.3, 0.4) is 0 Å². The van der Waals surface area contributed by atoms with Crippen molar-refractivity contribution in [3.8, 4) is 6.07 Å². The first-order valence-corrected chi connectivity index (χ1v) is 6.86. The lowest BCUT2D eigenvalue weighted by Crippen LogP contribution is -2.21. The minimum atomic E-state index is -0.702. The van der Waals surface area contributed by atoms with Crippen molar-refractivity contribution in [3.63, 3.8) is 0 Å². The van der Waals surface area contributed by atoms with Gasteiger partial charge in [-0.05, 0) is 42.5 Å². The first-order chi connectivity index (χ1) is 11.5. The Morgan fingerprint density at radius 2 is 1.79 bits per heavy atom. The standard InChI is InChI=1S/C17H13N3O4/c18-9-11-2-1-3-13(8-11)17(23)24-10-15(21)20-14-6-4-12(5-7-14)16(19)22/h1-8H,10H2,(H2,19,22)(H,20,21). The zero-order chi connectivity index (χ0) is 17.5. The van der Waals surface area contributed by atoms with Gasteiger partial charge in [0.25, 0.3) is 5.91 Å². The van der Waals surface area contributed by atoms with Gasteiger partial charge in [0.15, 0.2) is 6.61 Å². The lowest BCUT2D eigenvalue weighted by atomic mass is 10.1. The summed E-state index contributed by atoms with van der Waals surface area (Å²) >= 11 is 0. The highest BCUT2D eigenvalue weighted by atomic mass is 16.5. The smallest absolute Gasteiger partial charge is 0.338 e. The minimum Gasteiger partial charge on any atom is -0.452 e. The molecule has 2 aromatic carbocycles. The zero-order valence-corrected chi connectivity index (χ0v) is 12.5. The fraction of sp³-hybridized carbons (Fsp3) is 0.0588. The molecular formula is C17H13N3O4. The van der Waals surface area contributed by atoms with Gasteiger partial charge in [0.2, 0.25) is 5.91 Å². The van der Waals surface area contributed by atoms with E-state index in [0.717, 1.165) is 0 Å². The molecule has 2 aromatic rings. The van der Waals surface area contributed by atoms with E-state index in [1.54, 1.807) is 12.1 Å². The SMILES string of the molecule is N#Cc1cccc(C(=O)OCC(=O)Nc2ccc(C(N)=O)cc2)c1. The van der Waals surface area contributed by atoms with E-state index in [1.807, 2.05) is 6.07 Å². The fourth-order valence-electron chi connectivity index (χ4n) is 1.85. The van der Waals surface area contributed by atoms with Crippen LogP contribution in [0.25, 0.3) is 0 Å². The lowest BCUT2D eigenvalue weighted by molar-refractivity contribution is -0.119. The topological polar surface area (TPSA) is 122 Å². The third kappa shape index (κ3) is 4.42. The van der Waals surface area contributed by atoms with Crippen LogP contribution in [0.15, 0.2) is 48.5 Å². The number of ether oxygens (including phenoxy) is 1. The van der Waals surface area contributed by atoms with Crippen LogP contribution in [-0.4, -0.2) is 24.4 Å². The van der Waals surface area contributed by atoms with E-state index in [2.05, 4.69) is 5.32 Å². The second kappa shape index (κ2) is 7.56. The molecule has 0 unspecified atom stereocenters. The van der Waals surface area contributed by atoms with E-state index in [9.17, 15) is 14.4 Å². The number of benzene rings is 2. The second-order valence-electron chi connectivity index (χ2n) is 4.76. The van der Waals surface area contributed by atoms with Gasteiger partial charge in [-0.3, -0.25) is 9.59 Å². The number of nitrogens with two attached hydrogens (primary N) is 1. The molecule has 0 saturated carbocycles. The zero-order valence-electron chi connectivity index (χ0n) is 12.5. The van der Waals surface area contributed by atoms with Crippen LogP contribution in [0.4, 0.5) is 5.69 Å². The molecular weight excluding hydrogens is 310 g/mol. The number of nitrogens with zero attached hydrogens (tertiary/aromatic N) is 1. The normalized spacial score (nSPS) is 9.62. The minimum absolute atomic E-state index is 0.188. The van der Waals surface area contributed by atoms with Crippen molar-refractivity contribution >= 4 is 23.5 Å². The van der Waals surface area contributed by atoms with Crippen molar-refractivity contribution in [1.29, 1.82) is 5.26 Å². The van der Waals surface area contributed by atoms with Crippen LogP contribution in [0, 0.1) is 11.3 Å². The monoisotopic (exact) mass is 323 g/mol. The van der Waals surface area contributed by atoms with Gasteiger partial charge in [-0.1, -0.05) is 6.07 Å². The van der Waals surface area contributed by atoms with Gasteiger partial charge < -0.3 is 15.8 Å². The van der Waals surface area contributed by atoms with Gasteiger partial charge >= 0.3 is 5.97 Å². The van der Waals surface area contributed by atoms with Crippen molar-refractivity contribution in [1.82, 2.24) is 0 Å². The summed E-state index contributed by atoms with van der Waals surface area (Å²) in [4.78, 5) is 34.5. The van der Waals surface area contributed by atoms with Gasteiger partial charge in [0.05, 0.1) is 17.2 Å². The molecule has 2 amide bonds. The molecule has 0 atom stereocenters. The van der Waals surface area contributed by atoms with E-state index in [1.165, 1.54) is 36.4 Å². The Hall–Kier alpha value is -3.66. The summed E-state index contributed by atoms with van der Waals surface area (Å²) in [5.74, 6) is -1.81. The first-order valence-electron chi connectivity index (χ1n) is 6.86. The van der Waals surface area contributed by atoms with E-state index in [0.29, 0.717) is 16.8 Å². The van der Waals surface area contributed by atoms with E-state index in [4.69, 9.17) is 15.7 Å². The van der Waals surface area contributed by atoms with Crippen molar-refractivity contribution in [2.45, 2.75) is 0 Å². The third-order valence-electron chi connectivity index (χ3n) is 3.01. The van der Waals surface area contributed by atoms with Crippen molar-refractivity contribution in [2.24, 2.45) is 5.73 Å². The molecule has 7 heteroatoms. The maximum atomic E-state index is 11.8. The van der Waals surface area contributed by atoms with Crippen LogP contribution < -0.4 is 11.1 Å². The number of nitrogens with one attached hydrogen (secondary N) is 1. The van der Waals surface area contributed by atoms with Gasteiger partial charge in [-0.15, -0.1) is 0 Å². The van der Waals surface area contributed by atoms with Crippen molar-refractivity contribution in [2.75, 3.05) is 11.9 Å². The molecule has 7 nitrogen and oxygen atoms in total. The molecule has 120 valence electrons. The van der Waals surface area contributed by atoms with Gasteiger partial charge in [-0.2, -0.15) is 5.26 Å². The highest BCUT2D eigenvalue weighted by Crippen LogP contribution is 2.09. The predicted octanol–water partition coefficient (Wildman–Crippen LogP) is 1.45. The van der Waals surface area contributed by atoms with Crippen molar-refractivity contribution < 1.29 is 19.1 Å². The lowest BCUT2D eigenvalue weighted by Gasteiger charge is -2.07. The van der Waals surface area contributed by atoms with Crippen LogP contribution in [0.5, 0.6) is 0 Å². The highest BCUT2D eigenvalue weighted by Gasteiger charge is 2.11. The quantitative estimate of drug-likeness (QED) is 0.806. The van der Waals surface area contributed by atoms with Gasteiger partial charge in [0, 0.05) is 11.3 Å². The maximum Gasteiger partial charge on any atom is 0.338 e. The number of primary amides is 1. The van der Waals surface area contributed by atoms with Gasteiger partial charge in [-0.25, -0.2) is 4.79 Å². The highest BCUT2D eigenvalue weighted by molar-refractivity contribution is 5.96. The molecule has 0 aromatic heterocycles. The summed E-state index contributed by atoms with van der Waals surface area (Å²) in [5.41, 5.74) is 6.38. The predicted molar refractivity (Wildman–Crippen MR) is 85.0 cm³/mol. The fourth-order valence-corrected chi connectivity index (χ4v) is 1.85. The van der Waals surface area contributed by atoms with E-state index in [-0.39, 0.29) is 5.56 Å². The third-order valence-corrected chi connectivity index (χ3v) is 3.01. The summed E-state index contributed by atoms with van der Waals surface area (Å²) in [5, 5.41) is 11.3. The van der Waals surface area contributed by atoms with Crippen molar-refractivity contribution in [3.05, 3.63) is 65.2 Å². The number of esters is 1. The number of carbonyl (C=O) groups excluding carboxylic acids is 3. The number of hydrogen-bond acceptors (Lipinski definition) is 5. The van der Waals surface area contributed by atoms with E-state index >= 15 is 0 Å². The van der Waals surface area contributed by atoms with Crippen LogP contribution in [0.1, 0.15) is 26.3 Å². The Balaban J connectivity index is 1.89. The maximum absolute atomic E-state index is 11.8. The number of rotatable bonds is 5. The number of amides is 2. The summed E-state index contributed by atoms with van der Waals surface area (Å²) in [7, 11) is 0. The Morgan fingerprint density at radius 1 is 1.08 bits per heavy atom.